The summed E-state index contributed by atoms with van der Waals surface area (Å²) in [5, 5.41) is 3.96. The van der Waals surface area contributed by atoms with E-state index in [4.69, 9.17) is 9.47 Å². The van der Waals surface area contributed by atoms with Crippen molar-refractivity contribution in [3.05, 3.63) is 40.2 Å². The van der Waals surface area contributed by atoms with E-state index in [2.05, 4.69) is 10.3 Å². The van der Waals surface area contributed by atoms with Crippen LogP contribution in [0.5, 0.6) is 0 Å². The zero-order valence-electron chi connectivity index (χ0n) is 11.4. The average Bonchev–Trinajstić information content (AvgIpc) is 2.53. The summed E-state index contributed by atoms with van der Waals surface area (Å²) in [6, 6.07) is 7.36. The van der Waals surface area contributed by atoms with Gasteiger partial charge >= 0.3 is 0 Å². The number of aldehydes is 1. The number of aromatic nitrogens is 1. The molecule has 0 aliphatic carbocycles. The third-order valence-electron chi connectivity index (χ3n) is 3.47. The summed E-state index contributed by atoms with van der Waals surface area (Å²) in [4.78, 5) is 25.9. The number of para-hydroxylation sites is 1. The molecule has 0 unspecified atom stereocenters. The van der Waals surface area contributed by atoms with Crippen molar-refractivity contribution in [1.29, 1.82) is 0 Å². The maximum Gasteiger partial charge on any atom is 0.261 e. The Morgan fingerprint density at radius 2 is 2.19 bits per heavy atom. The van der Waals surface area contributed by atoms with E-state index in [9.17, 15) is 9.59 Å². The molecule has 2 N–H and O–H groups in total. The molecule has 0 amide bonds. The van der Waals surface area contributed by atoms with E-state index in [-0.39, 0.29) is 11.7 Å². The van der Waals surface area contributed by atoms with Gasteiger partial charge in [-0.1, -0.05) is 18.2 Å². The van der Waals surface area contributed by atoms with Crippen LogP contribution in [0.3, 0.4) is 0 Å². The molecule has 1 aromatic heterocycles. The number of fused-ring (bicyclic) bond motifs is 1. The van der Waals surface area contributed by atoms with Gasteiger partial charge in [0.25, 0.3) is 5.56 Å². The Bertz CT molecular complexity index is 704. The Hall–Kier alpha value is -2.18. The summed E-state index contributed by atoms with van der Waals surface area (Å²) in [5.41, 5.74) is 0.937. The van der Waals surface area contributed by atoms with Gasteiger partial charge in [-0.05, 0) is 6.07 Å². The van der Waals surface area contributed by atoms with Crippen LogP contribution in [0.1, 0.15) is 10.4 Å². The van der Waals surface area contributed by atoms with Gasteiger partial charge in [-0.15, -0.1) is 0 Å². The number of H-pyrrole nitrogens is 1. The SMILES string of the molecule is O=Cc1c(NC[C@@H]2COCCO2)c2ccccc2[nH]c1=O. The van der Waals surface area contributed by atoms with E-state index in [1.54, 1.807) is 6.07 Å². The van der Waals surface area contributed by atoms with Crippen LogP contribution >= 0.6 is 0 Å². The minimum atomic E-state index is -0.396. The van der Waals surface area contributed by atoms with Crippen LogP contribution in [0.25, 0.3) is 10.9 Å². The van der Waals surface area contributed by atoms with Gasteiger partial charge in [0.1, 0.15) is 5.56 Å². The topological polar surface area (TPSA) is 80.4 Å². The Labute approximate surface area is 121 Å². The first kappa shape index (κ1) is 13.8. The van der Waals surface area contributed by atoms with E-state index in [1.165, 1.54) is 0 Å². The number of rotatable bonds is 4. The number of benzene rings is 1. The molecular formula is C15H16N2O4. The van der Waals surface area contributed by atoms with Gasteiger partial charge in [0.15, 0.2) is 6.29 Å². The van der Waals surface area contributed by atoms with E-state index >= 15 is 0 Å². The van der Waals surface area contributed by atoms with Gasteiger partial charge in [0.05, 0.1) is 37.1 Å². The summed E-state index contributed by atoms with van der Waals surface area (Å²) in [7, 11) is 0. The number of hydrogen-bond donors (Lipinski definition) is 2. The molecule has 6 nitrogen and oxygen atoms in total. The van der Waals surface area contributed by atoms with Crippen molar-refractivity contribution in [2.75, 3.05) is 31.7 Å². The Kier molecular flexibility index (Phi) is 3.98. The molecule has 2 aromatic rings. The third-order valence-corrected chi connectivity index (χ3v) is 3.47. The lowest BCUT2D eigenvalue weighted by Crippen LogP contribution is -2.34. The number of pyridine rings is 1. The lowest BCUT2D eigenvalue weighted by Gasteiger charge is -2.24. The highest BCUT2D eigenvalue weighted by Gasteiger charge is 2.17. The molecule has 0 radical (unpaired) electrons. The Morgan fingerprint density at radius 3 is 2.95 bits per heavy atom. The molecule has 0 saturated carbocycles. The number of carbonyl (C=O) groups is 1. The van der Waals surface area contributed by atoms with Crippen LogP contribution < -0.4 is 10.9 Å². The standard InChI is InChI=1S/C15H16N2O4/c18-8-12-14(16-7-10-9-20-5-6-21-10)11-3-1-2-4-13(11)17-15(12)19/h1-4,8,10H,5-7,9H2,(H2,16,17,19)/t10-/m1/s1. The average molecular weight is 288 g/mol. The second-order valence-corrected chi connectivity index (χ2v) is 4.85. The van der Waals surface area contributed by atoms with Gasteiger partial charge in [-0.3, -0.25) is 9.59 Å². The number of anilines is 1. The molecular weight excluding hydrogens is 272 g/mol. The van der Waals surface area contributed by atoms with Crippen molar-refractivity contribution in [2.45, 2.75) is 6.10 Å². The lowest BCUT2D eigenvalue weighted by atomic mass is 10.1. The van der Waals surface area contributed by atoms with Crippen molar-refractivity contribution in [2.24, 2.45) is 0 Å². The summed E-state index contributed by atoms with van der Waals surface area (Å²) in [5.74, 6) is 0. The minimum Gasteiger partial charge on any atom is -0.381 e. The lowest BCUT2D eigenvalue weighted by molar-refractivity contribution is -0.0818. The Morgan fingerprint density at radius 1 is 1.33 bits per heavy atom. The molecule has 1 saturated heterocycles. The first-order valence-electron chi connectivity index (χ1n) is 6.83. The highest BCUT2D eigenvalue weighted by molar-refractivity contribution is 5.99. The van der Waals surface area contributed by atoms with E-state index < -0.39 is 5.56 Å². The molecule has 0 spiro atoms. The summed E-state index contributed by atoms with van der Waals surface area (Å²) < 4.78 is 10.9. The van der Waals surface area contributed by atoms with Gasteiger partial charge in [0.2, 0.25) is 0 Å². The van der Waals surface area contributed by atoms with Crippen LogP contribution in [0.15, 0.2) is 29.1 Å². The minimum absolute atomic E-state index is 0.0868. The van der Waals surface area contributed by atoms with Crippen molar-refractivity contribution in [3.8, 4) is 0 Å². The van der Waals surface area contributed by atoms with Gasteiger partial charge in [-0.2, -0.15) is 0 Å². The number of ether oxygens (including phenoxy) is 2. The van der Waals surface area contributed by atoms with E-state index in [0.717, 1.165) is 5.39 Å². The van der Waals surface area contributed by atoms with Gasteiger partial charge in [0, 0.05) is 11.9 Å². The predicted octanol–water partition coefficient (Wildman–Crippen LogP) is 1.17. The van der Waals surface area contributed by atoms with Crippen LogP contribution in [-0.2, 0) is 9.47 Å². The second-order valence-electron chi connectivity index (χ2n) is 4.85. The number of nitrogens with one attached hydrogen (secondary N) is 2. The molecule has 1 aliphatic rings. The molecule has 1 fully saturated rings. The van der Waals surface area contributed by atoms with E-state index in [0.29, 0.717) is 43.9 Å². The van der Waals surface area contributed by atoms with Crippen LogP contribution in [0, 0.1) is 0 Å². The fourth-order valence-electron chi connectivity index (χ4n) is 2.43. The molecule has 6 heteroatoms. The zero-order valence-corrected chi connectivity index (χ0v) is 11.4. The molecule has 0 bridgehead atoms. The largest absolute Gasteiger partial charge is 0.381 e. The number of aromatic amines is 1. The quantitative estimate of drug-likeness (QED) is 0.825. The molecule has 1 aliphatic heterocycles. The van der Waals surface area contributed by atoms with Crippen molar-refractivity contribution in [3.63, 3.8) is 0 Å². The van der Waals surface area contributed by atoms with Gasteiger partial charge < -0.3 is 19.8 Å². The van der Waals surface area contributed by atoms with Crippen molar-refractivity contribution < 1.29 is 14.3 Å². The molecule has 2 heterocycles. The second kappa shape index (κ2) is 6.07. The molecule has 1 atom stereocenters. The predicted molar refractivity (Wildman–Crippen MR) is 79.0 cm³/mol. The fourth-order valence-corrected chi connectivity index (χ4v) is 2.43. The zero-order chi connectivity index (χ0) is 14.7. The summed E-state index contributed by atoms with van der Waals surface area (Å²) in [6.45, 7) is 2.14. The molecule has 110 valence electrons. The summed E-state index contributed by atoms with van der Waals surface area (Å²) in [6.07, 6.45) is 0.488. The smallest absolute Gasteiger partial charge is 0.261 e. The monoisotopic (exact) mass is 288 g/mol. The maximum atomic E-state index is 12.0. The highest BCUT2D eigenvalue weighted by Crippen LogP contribution is 2.22. The highest BCUT2D eigenvalue weighted by atomic mass is 16.6. The first-order valence-corrected chi connectivity index (χ1v) is 6.83. The number of hydrogen-bond acceptors (Lipinski definition) is 5. The van der Waals surface area contributed by atoms with Crippen molar-refractivity contribution >= 4 is 22.9 Å². The molecule has 21 heavy (non-hydrogen) atoms. The van der Waals surface area contributed by atoms with Gasteiger partial charge in [-0.25, -0.2) is 0 Å². The normalized spacial score (nSPS) is 18.6. The first-order chi connectivity index (χ1) is 10.3. The van der Waals surface area contributed by atoms with Crippen LogP contribution in [0.2, 0.25) is 0 Å². The third kappa shape index (κ3) is 2.81. The summed E-state index contributed by atoms with van der Waals surface area (Å²) >= 11 is 0. The van der Waals surface area contributed by atoms with Crippen LogP contribution in [-0.4, -0.2) is 43.7 Å². The Balaban J connectivity index is 1.95. The maximum absolute atomic E-state index is 12.0. The number of carbonyl (C=O) groups excluding carboxylic acids is 1. The fraction of sp³-hybridized carbons (Fsp3) is 0.333. The van der Waals surface area contributed by atoms with E-state index in [1.807, 2.05) is 18.2 Å². The molecule has 1 aromatic carbocycles. The van der Waals surface area contributed by atoms with Crippen LogP contribution in [0.4, 0.5) is 5.69 Å². The van der Waals surface area contributed by atoms with Crippen molar-refractivity contribution in [1.82, 2.24) is 4.98 Å². The molecule has 3 rings (SSSR count).